The number of amides is 1. The molecule has 0 saturated carbocycles. The molecule has 2 rings (SSSR count). The summed E-state index contributed by atoms with van der Waals surface area (Å²) in [6.07, 6.45) is 1.89. The number of hydrogen-bond donors (Lipinski definition) is 2. The standard InChI is InChI=1S/C15H21ClN2O2/c16-13-6-2-1-5-12(13)14(19)10-18-7-3-4-11(9-18)8-15(17)20/h1-2,5-6,11,14,19H,3-4,7-10H2,(H2,17,20). The topological polar surface area (TPSA) is 66.6 Å². The third kappa shape index (κ3) is 4.20. The van der Waals surface area contributed by atoms with Crippen LogP contribution in [0.4, 0.5) is 0 Å². The molecule has 0 radical (unpaired) electrons. The highest BCUT2D eigenvalue weighted by molar-refractivity contribution is 6.31. The quantitative estimate of drug-likeness (QED) is 0.873. The van der Waals surface area contributed by atoms with Gasteiger partial charge in [-0.15, -0.1) is 0 Å². The van der Waals surface area contributed by atoms with Crippen molar-refractivity contribution in [3.05, 3.63) is 34.9 Å². The Kier molecular flexibility index (Phi) is 5.40. The van der Waals surface area contributed by atoms with E-state index >= 15 is 0 Å². The maximum absolute atomic E-state index is 11.0. The van der Waals surface area contributed by atoms with E-state index in [-0.39, 0.29) is 5.91 Å². The Morgan fingerprint density at radius 3 is 2.95 bits per heavy atom. The van der Waals surface area contributed by atoms with E-state index < -0.39 is 6.10 Å². The molecule has 0 aromatic heterocycles. The SMILES string of the molecule is NC(=O)CC1CCCN(CC(O)c2ccccc2Cl)C1. The summed E-state index contributed by atoms with van der Waals surface area (Å²) in [7, 11) is 0. The minimum Gasteiger partial charge on any atom is -0.387 e. The monoisotopic (exact) mass is 296 g/mol. The van der Waals surface area contributed by atoms with Crippen LogP contribution in [0.25, 0.3) is 0 Å². The summed E-state index contributed by atoms with van der Waals surface area (Å²) in [5, 5.41) is 10.9. The number of nitrogens with two attached hydrogens (primary N) is 1. The number of aliphatic hydroxyl groups excluding tert-OH is 1. The van der Waals surface area contributed by atoms with Crippen LogP contribution in [0.5, 0.6) is 0 Å². The molecular weight excluding hydrogens is 276 g/mol. The van der Waals surface area contributed by atoms with Gasteiger partial charge in [0.15, 0.2) is 0 Å². The molecule has 1 aliphatic rings. The molecule has 1 fully saturated rings. The number of carbonyl (C=O) groups is 1. The lowest BCUT2D eigenvalue weighted by atomic mass is 9.94. The van der Waals surface area contributed by atoms with E-state index in [2.05, 4.69) is 4.90 Å². The van der Waals surface area contributed by atoms with E-state index in [0.29, 0.717) is 23.9 Å². The molecule has 2 unspecified atom stereocenters. The van der Waals surface area contributed by atoms with E-state index in [1.54, 1.807) is 6.07 Å². The molecule has 0 spiro atoms. The van der Waals surface area contributed by atoms with Gasteiger partial charge in [0.05, 0.1) is 6.10 Å². The molecule has 1 aliphatic heterocycles. The Balaban J connectivity index is 1.92. The van der Waals surface area contributed by atoms with Gasteiger partial charge in [-0.1, -0.05) is 29.8 Å². The number of carbonyl (C=O) groups excluding carboxylic acids is 1. The lowest BCUT2D eigenvalue weighted by Crippen LogP contribution is -2.39. The summed E-state index contributed by atoms with van der Waals surface area (Å²) < 4.78 is 0. The van der Waals surface area contributed by atoms with Crippen molar-refractivity contribution in [2.24, 2.45) is 11.7 Å². The number of piperidine rings is 1. The van der Waals surface area contributed by atoms with Gasteiger partial charge >= 0.3 is 0 Å². The van der Waals surface area contributed by atoms with Gasteiger partial charge < -0.3 is 15.7 Å². The van der Waals surface area contributed by atoms with Crippen LogP contribution in [-0.4, -0.2) is 35.5 Å². The summed E-state index contributed by atoms with van der Waals surface area (Å²) >= 11 is 6.09. The largest absolute Gasteiger partial charge is 0.387 e. The molecule has 1 amide bonds. The van der Waals surface area contributed by atoms with Crippen LogP contribution in [0.3, 0.4) is 0 Å². The first-order chi connectivity index (χ1) is 9.56. The fraction of sp³-hybridized carbons (Fsp3) is 0.533. The average Bonchev–Trinajstić information content (AvgIpc) is 2.38. The van der Waals surface area contributed by atoms with Crippen molar-refractivity contribution in [3.63, 3.8) is 0 Å². The molecule has 0 aliphatic carbocycles. The molecule has 3 N–H and O–H groups in total. The lowest BCUT2D eigenvalue weighted by molar-refractivity contribution is -0.119. The van der Waals surface area contributed by atoms with Crippen LogP contribution >= 0.6 is 11.6 Å². The van der Waals surface area contributed by atoms with Gasteiger partial charge in [-0.25, -0.2) is 0 Å². The number of benzene rings is 1. The summed E-state index contributed by atoms with van der Waals surface area (Å²) in [6.45, 7) is 2.29. The normalized spacial score (nSPS) is 21.6. The van der Waals surface area contributed by atoms with Crippen molar-refractivity contribution in [1.29, 1.82) is 0 Å². The zero-order valence-electron chi connectivity index (χ0n) is 11.5. The van der Waals surface area contributed by atoms with Crippen molar-refractivity contribution in [1.82, 2.24) is 4.90 Å². The Labute approximate surface area is 124 Å². The highest BCUT2D eigenvalue weighted by Gasteiger charge is 2.23. The van der Waals surface area contributed by atoms with Gasteiger partial charge in [-0.2, -0.15) is 0 Å². The smallest absolute Gasteiger partial charge is 0.217 e. The molecule has 110 valence electrons. The number of β-amino-alcohol motifs (C(OH)–C–C–N with tert-alkyl or cyclic N) is 1. The number of likely N-dealkylation sites (tertiary alicyclic amines) is 1. The average molecular weight is 297 g/mol. The summed E-state index contributed by atoms with van der Waals surface area (Å²) in [4.78, 5) is 13.2. The first kappa shape index (κ1) is 15.3. The van der Waals surface area contributed by atoms with Crippen LogP contribution in [0.15, 0.2) is 24.3 Å². The van der Waals surface area contributed by atoms with E-state index in [4.69, 9.17) is 17.3 Å². The molecule has 1 saturated heterocycles. The molecule has 1 heterocycles. The first-order valence-corrected chi connectivity index (χ1v) is 7.37. The van der Waals surface area contributed by atoms with Crippen LogP contribution in [-0.2, 0) is 4.79 Å². The Morgan fingerprint density at radius 2 is 2.25 bits per heavy atom. The van der Waals surface area contributed by atoms with Crippen molar-refractivity contribution in [3.8, 4) is 0 Å². The second-order valence-corrected chi connectivity index (χ2v) is 5.88. The molecule has 0 bridgehead atoms. The zero-order valence-corrected chi connectivity index (χ0v) is 12.2. The molecule has 4 nitrogen and oxygen atoms in total. The highest BCUT2D eigenvalue weighted by Crippen LogP contribution is 2.26. The maximum atomic E-state index is 11.0. The zero-order chi connectivity index (χ0) is 14.5. The molecular formula is C15H21ClN2O2. The Bertz CT molecular complexity index is 467. The fourth-order valence-corrected chi connectivity index (χ4v) is 3.12. The van der Waals surface area contributed by atoms with Crippen LogP contribution in [0.1, 0.15) is 30.9 Å². The third-order valence-electron chi connectivity index (χ3n) is 3.79. The Morgan fingerprint density at radius 1 is 1.50 bits per heavy atom. The second-order valence-electron chi connectivity index (χ2n) is 5.48. The van der Waals surface area contributed by atoms with Crippen LogP contribution in [0.2, 0.25) is 5.02 Å². The minimum atomic E-state index is -0.601. The minimum absolute atomic E-state index is 0.247. The molecule has 20 heavy (non-hydrogen) atoms. The van der Waals surface area contributed by atoms with Gasteiger partial charge in [0.1, 0.15) is 0 Å². The number of halogens is 1. The molecule has 1 aromatic carbocycles. The number of primary amides is 1. The van der Waals surface area contributed by atoms with E-state index in [1.807, 2.05) is 18.2 Å². The Hall–Kier alpha value is -1.10. The van der Waals surface area contributed by atoms with Gasteiger partial charge in [0.2, 0.25) is 5.91 Å². The first-order valence-electron chi connectivity index (χ1n) is 6.99. The second kappa shape index (κ2) is 7.07. The molecule has 2 atom stereocenters. The number of rotatable bonds is 5. The number of hydrogen-bond acceptors (Lipinski definition) is 3. The van der Waals surface area contributed by atoms with Crippen LogP contribution in [0, 0.1) is 5.92 Å². The summed E-state index contributed by atoms with van der Waals surface area (Å²) in [5.74, 6) is 0.0585. The van der Waals surface area contributed by atoms with Gasteiger partial charge in [0.25, 0.3) is 0 Å². The lowest BCUT2D eigenvalue weighted by Gasteiger charge is -2.33. The third-order valence-corrected chi connectivity index (χ3v) is 4.13. The van der Waals surface area contributed by atoms with Crippen molar-refractivity contribution in [2.75, 3.05) is 19.6 Å². The van der Waals surface area contributed by atoms with Crippen molar-refractivity contribution in [2.45, 2.75) is 25.4 Å². The van der Waals surface area contributed by atoms with Crippen molar-refractivity contribution < 1.29 is 9.90 Å². The van der Waals surface area contributed by atoms with E-state index in [1.165, 1.54) is 0 Å². The summed E-state index contributed by atoms with van der Waals surface area (Å²) in [5.41, 5.74) is 6.01. The van der Waals surface area contributed by atoms with Gasteiger partial charge in [-0.3, -0.25) is 4.79 Å². The van der Waals surface area contributed by atoms with Crippen molar-refractivity contribution >= 4 is 17.5 Å². The predicted molar refractivity (Wildman–Crippen MR) is 79.4 cm³/mol. The van der Waals surface area contributed by atoms with E-state index in [0.717, 1.165) is 31.5 Å². The van der Waals surface area contributed by atoms with Crippen LogP contribution < -0.4 is 5.73 Å². The molecule has 1 aromatic rings. The number of nitrogens with zero attached hydrogens (tertiary/aromatic N) is 1. The van der Waals surface area contributed by atoms with E-state index in [9.17, 15) is 9.90 Å². The summed E-state index contributed by atoms with van der Waals surface area (Å²) in [6, 6.07) is 7.35. The van der Waals surface area contributed by atoms with Gasteiger partial charge in [0, 0.05) is 30.1 Å². The predicted octanol–water partition coefficient (Wildman–Crippen LogP) is 1.96. The number of aliphatic hydroxyl groups is 1. The molecule has 5 heteroatoms. The fourth-order valence-electron chi connectivity index (χ4n) is 2.86. The highest BCUT2D eigenvalue weighted by atomic mass is 35.5. The maximum Gasteiger partial charge on any atom is 0.217 e. The van der Waals surface area contributed by atoms with Gasteiger partial charge in [-0.05, 0) is 31.4 Å².